The Hall–Kier alpha value is -1.29. The van der Waals surface area contributed by atoms with E-state index in [0.29, 0.717) is 5.88 Å². The van der Waals surface area contributed by atoms with Crippen LogP contribution < -0.4 is 15.0 Å². The Bertz CT molecular complexity index is 412. The summed E-state index contributed by atoms with van der Waals surface area (Å²) in [5.41, 5.74) is 1.24. The van der Waals surface area contributed by atoms with Crippen LogP contribution in [-0.2, 0) is 0 Å². The molecule has 2 aliphatic rings. The van der Waals surface area contributed by atoms with Crippen molar-refractivity contribution >= 4 is 5.69 Å². The van der Waals surface area contributed by atoms with E-state index in [0.717, 1.165) is 25.0 Å². The quantitative estimate of drug-likeness (QED) is 0.880. The van der Waals surface area contributed by atoms with Gasteiger partial charge in [0.2, 0.25) is 5.88 Å². The molecule has 0 aromatic carbocycles. The maximum Gasteiger partial charge on any atom is 0.214 e. The molecule has 0 spiro atoms. The fourth-order valence-electron chi connectivity index (χ4n) is 2.72. The Balaban J connectivity index is 1.50. The highest BCUT2D eigenvalue weighted by molar-refractivity contribution is 5.48. The second kappa shape index (κ2) is 5.78. The number of methoxy groups -OCH3 is 1. The van der Waals surface area contributed by atoms with E-state index in [4.69, 9.17) is 4.74 Å². The van der Waals surface area contributed by atoms with Crippen molar-refractivity contribution in [2.24, 2.45) is 5.92 Å². The summed E-state index contributed by atoms with van der Waals surface area (Å²) >= 11 is 0. The highest BCUT2D eigenvalue weighted by Crippen LogP contribution is 2.26. The van der Waals surface area contributed by atoms with E-state index in [2.05, 4.69) is 21.3 Å². The van der Waals surface area contributed by atoms with Gasteiger partial charge >= 0.3 is 0 Å². The van der Waals surface area contributed by atoms with E-state index in [1.54, 1.807) is 7.11 Å². The topological polar surface area (TPSA) is 37.4 Å². The van der Waals surface area contributed by atoms with Crippen LogP contribution in [0.15, 0.2) is 18.3 Å². The molecule has 2 heterocycles. The summed E-state index contributed by atoms with van der Waals surface area (Å²) in [6, 6.07) is 4.94. The maximum absolute atomic E-state index is 5.19. The van der Waals surface area contributed by atoms with Gasteiger partial charge in [-0.25, -0.2) is 4.98 Å². The number of pyridine rings is 1. The predicted octanol–water partition coefficient (Wildman–Crippen LogP) is 2.06. The molecule has 0 radical (unpaired) electrons. The lowest BCUT2D eigenvalue weighted by molar-refractivity contribution is 0.380. The first-order valence-corrected chi connectivity index (χ1v) is 7.33. The molecule has 2 fully saturated rings. The minimum Gasteiger partial charge on any atom is -0.481 e. The second-order valence-corrected chi connectivity index (χ2v) is 5.67. The van der Waals surface area contributed by atoms with Crippen molar-refractivity contribution < 1.29 is 4.74 Å². The third kappa shape index (κ3) is 3.38. The molecule has 1 saturated carbocycles. The fraction of sp³-hybridized carbons (Fsp3) is 0.667. The Morgan fingerprint density at radius 2 is 2.11 bits per heavy atom. The van der Waals surface area contributed by atoms with E-state index in [1.165, 1.54) is 37.9 Å². The number of hydrogen-bond acceptors (Lipinski definition) is 4. The number of rotatable bonds is 5. The molecule has 1 aliphatic carbocycles. The molecular formula is C15H23N3O. The summed E-state index contributed by atoms with van der Waals surface area (Å²) in [6.07, 6.45) is 7.16. The zero-order chi connectivity index (χ0) is 13.1. The van der Waals surface area contributed by atoms with Crippen molar-refractivity contribution in [1.29, 1.82) is 0 Å². The van der Waals surface area contributed by atoms with Crippen molar-refractivity contribution in [3.05, 3.63) is 18.3 Å². The first kappa shape index (κ1) is 12.7. The predicted molar refractivity (Wildman–Crippen MR) is 76.8 cm³/mol. The van der Waals surface area contributed by atoms with Gasteiger partial charge in [-0.1, -0.05) is 0 Å². The summed E-state index contributed by atoms with van der Waals surface area (Å²) < 4.78 is 5.19. The molecule has 3 rings (SSSR count). The minimum absolute atomic E-state index is 0.704. The molecule has 4 heteroatoms. The summed E-state index contributed by atoms with van der Waals surface area (Å²) in [7, 11) is 1.67. The summed E-state index contributed by atoms with van der Waals surface area (Å²) in [4.78, 5) is 6.61. The van der Waals surface area contributed by atoms with Gasteiger partial charge in [0.1, 0.15) is 0 Å². The van der Waals surface area contributed by atoms with Crippen molar-refractivity contribution in [3.63, 3.8) is 0 Å². The van der Waals surface area contributed by atoms with Crippen LogP contribution in [-0.4, -0.2) is 37.8 Å². The SMILES string of the molecule is COc1cc(N2CCC(CNC3CC3)CC2)ccn1. The van der Waals surface area contributed by atoms with Crippen molar-refractivity contribution in [2.45, 2.75) is 31.7 Å². The summed E-state index contributed by atoms with van der Waals surface area (Å²) in [5.74, 6) is 1.55. The number of nitrogens with one attached hydrogen (secondary N) is 1. The minimum atomic E-state index is 0.704. The van der Waals surface area contributed by atoms with Crippen LogP contribution in [0.1, 0.15) is 25.7 Å². The third-order valence-electron chi connectivity index (χ3n) is 4.18. The molecular weight excluding hydrogens is 238 g/mol. The molecule has 0 unspecified atom stereocenters. The highest BCUT2D eigenvalue weighted by atomic mass is 16.5. The third-order valence-corrected chi connectivity index (χ3v) is 4.18. The molecule has 0 amide bonds. The summed E-state index contributed by atoms with van der Waals surface area (Å²) in [6.45, 7) is 3.49. The zero-order valence-corrected chi connectivity index (χ0v) is 11.6. The lowest BCUT2D eigenvalue weighted by atomic mass is 9.96. The first-order valence-electron chi connectivity index (χ1n) is 7.33. The van der Waals surface area contributed by atoms with Crippen molar-refractivity contribution in [3.8, 4) is 5.88 Å². The van der Waals surface area contributed by atoms with Gasteiger partial charge in [-0.2, -0.15) is 0 Å². The van der Waals surface area contributed by atoms with E-state index in [1.807, 2.05) is 12.3 Å². The molecule has 104 valence electrons. The number of hydrogen-bond donors (Lipinski definition) is 1. The second-order valence-electron chi connectivity index (χ2n) is 5.67. The van der Waals surface area contributed by atoms with Gasteiger partial charge in [0, 0.05) is 37.1 Å². The van der Waals surface area contributed by atoms with Crippen LogP contribution in [0.25, 0.3) is 0 Å². The monoisotopic (exact) mass is 261 g/mol. The smallest absolute Gasteiger partial charge is 0.214 e. The molecule has 0 atom stereocenters. The number of ether oxygens (including phenoxy) is 1. The number of anilines is 1. The van der Waals surface area contributed by atoms with E-state index >= 15 is 0 Å². The molecule has 1 aromatic heterocycles. The van der Waals surface area contributed by atoms with Gasteiger partial charge in [-0.05, 0) is 44.2 Å². The molecule has 1 saturated heterocycles. The van der Waals surface area contributed by atoms with Crippen LogP contribution in [0.4, 0.5) is 5.69 Å². The van der Waals surface area contributed by atoms with Crippen LogP contribution in [0.2, 0.25) is 0 Å². The standard InChI is InChI=1S/C15H23N3O/c1-19-15-10-14(4-7-16-15)18-8-5-12(6-9-18)11-17-13-2-3-13/h4,7,10,12-13,17H,2-3,5-6,8-9,11H2,1H3. The Kier molecular flexibility index (Phi) is 3.87. The van der Waals surface area contributed by atoms with Crippen LogP contribution in [0.5, 0.6) is 5.88 Å². The Morgan fingerprint density at radius 1 is 1.32 bits per heavy atom. The van der Waals surface area contributed by atoms with Gasteiger partial charge in [-0.15, -0.1) is 0 Å². The van der Waals surface area contributed by atoms with Gasteiger partial charge in [0.15, 0.2) is 0 Å². The van der Waals surface area contributed by atoms with Gasteiger partial charge < -0.3 is 15.0 Å². The number of piperidine rings is 1. The first-order chi connectivity index (χ1) is 9.35. The van der Waals surface area contributed by atoms with E-state index in [-0.39, 0.29) is 0 Å². The van der Waals surface area contributed by atoms with Crippen LogP contribution >= 0.6 is 0 Å². The average Bonchev–Trinajstić information content (AvgIpc) is 3.30. The highest BCUT2D eigenvalue weighted by Gasteiger charge is 2.24. The van der Waals surface area contributed by atoms with Crippen LogP contribution in [0.3, 0.4) is 0 Å². The van der Waals surface area contributed by atoms with Crippen molar-refractivity contribution in [1.82, 2.24) is 10.3 Å². The normalized spacial score (nSPS) is 20.6. The number of nitrogens with zero attached hydrogens (tertiary/aromatic N) is 2. The fourth-order valence-corrected chi connectivity index (χ4v) is 2.72. The Labute approximate surface area is 115 Å². The van der Waals surface area contributed by atoms with Crippen LogP contribution in [0, 0.1) is 5.92 Å². The molecule has 1 aliphatic heterocycles. The molecule has 0 bridgehead atoms. The average molecular weight is 261 g/mol. The van der Waals surface area contributed by atoms with Crippen molar-refractivity contribution in [2.75, 3.05) is 31.6 Å². The molecule has 4 nitrogen and oxygen atoms in total. The van der Waals surface area contributed by atoms with E-state index in [9.17, 15) is 0 Å². The molecule has 19 heavy (non-hydrogen) atoms. The number of aromatic nitrogens is 1. The van der Waals surface area contributed by atoms with Gasteiger partial charge in [-0.3, -0.25) is 0 Å². The lowest BCUT2D eigenvalue weighted by Crippen LogP contribution is -2.37. The van der Waals surface area contributed by atoms with Gasteiger partial charge in [0.05, 0.1) is 7.11 Å². The lowest BCUT2D eigenvalue weighted by Gasteiger charge is -2.33. The van der Waals surface area contributed by atoms with E-state index < -0.39 is 0 Å². The summed E-state index contributed by atoms with van der Waals surface area (Å²) in [5, 5.41) is 3.65. The largest absolute Gasteiger partial charge is 0.481 e. The maximum atomic E-state index is 5.19. The zero-order valence-electron chi connectivity index (χ0n) is 11.6. The molecule has 1 aromatic rings. The Morgan fingerprint density at radius 3 is 2.79 bits per heavy atom. The molecule has 1 N–H and O–H groups in total. The van der Waals surface area contributed by atoms with Gasteiger partial charge in [0.25, 0.3) is 0 Å².